The molecule has 0 atom stereocenters. The Balaban J connectivity index is 0.00000196. The molecule has 0 spiro atoms. The lowest BCUT2D eigenvalue weighted by Gasteiger charge is -2.32. The first kappa shape index (κ1) is 18.9. The quantitative estimate of drug-likeness (QED) is 0.875. The number of piperidine rings is 1. The second-order valence-corrected chi connectivity index (χ2v) is 7.19. The minimum absolute atomic E-state index is 0. The van der Waals surface area contributed by atoms with Crippen molar-refractivity contribution in [2.45, 2.75) is 45.7 Å². The number of benzene rings is 1. The predicted molar refractivity (Wildman–Crippen MR) is 103 cm³/mol. The first-order valence-electron chi connectivity index (χ1n) is 9.12. The number of aryl methyl sites for hydroxylation is 2. The van der Waals surface area contributed by atoms with E-state index in [4.69, 9.17) is 0 Å². The minimum Gasteiger partial charge on any atom is -0.339 e. The molecule has 6 nitrogen and oxygen atoms in total. The maximum atomic E-state index is 12.9. The number of halogens is 1. The summed E-state index contributed by atoms with van der Waals surface area (Å²) >= 11 is 0. The first-order valence-corrected chi connectivity index (χ1v) is 9.12. The van der Waals surface area contributed by atoms with E-state index in [1.165, 1.54) is 0 Å². The fraction of sp³-hybridized carbons (Fsp3) is 0.526. The van der Waals surface area contributed by atoms with Crippen LogP contribution in [-0.2, 0) is 13.1 Å². The fourth-order valence-electron chi connectivity index (χ4n) is 3.89. The molecule has 1 saturated heterocycles. The van der Waals surface area contributed by atoms with Gasteiger partial charge in [-0.2, -0.15) is 0 Å². The Hall–Kier alpha value is -1.92. The maximum Gasteiger partial charge on any atom is 0.254 e. The zero-order chi connectivity index (χ0) is 17.4. The largest absolute Gasteiger partial charge is 0.339 e. The molecule has 7 heteroatoms. The third kappa shape index (κ3) is 3.48. The summed E-state index contributed by atoms with van der Waals surface area (Å²) in [5.41, 5.74) is 3.02. The van der Waals surface area contributed by atoms with Crippen molar-refractivity contribution in [2.75, 3.05) is 19.6 Å². The van der Waals surface area contributed by atoms with Gasteiger partial charge in [0.25, 0.3) is 5.91 Å². The van der Waals surface area contributed by atoms with Gasteiger partial charge in [0.1, 0.15) is 11.6 Å². The minimum atomic E-state index is 0. The van der Waals surface area contributed by atoms with Gasteiger partial charge in [0.2, 0.25) is 0 Å². The van der Waals surface area contributed by atoms with Gasteiger partial charge in [-0.15, -0.1) is 22.6 Å². The number of hydrogen-bond acceptors (Lipinski definition) is 4. The molecule has 1 aromatic carbocycles. The van der Waals surface area contributed by atoms with Gasteiger partial charge < -0.3 is 14.8 Å². The van der Waals surface area contributed by atoms with Gasteiger partial charge in [-0.3, -0.25) is 4.79 Å². The van der Waals surface area contributed by atoms with Crippen molar-refractivity contribution in [1.82, 2.24) is 25.0 Å². The second-order valence-electron chi connectivity index (χ2n) is 7.19. The maximum absolute atomic E-state index is 12.9. The summed E-state index contributed by atoms with van der Waals surface area (Å²) in [5, 5.41) is 12.1. The number of likely N-dealkylation sites (tertiary alicyclic amines) is 1. The van der Waals surface area contributed by atoms with Gasteiger partial charge in [0.15, 0.2) is 0 Å². The van der Waals surface area contributed by atoms with E-state index in [1.807, 2.05) is 30.9 Å². The van der Waals surface area contributed by atoms with Gasteiger partial charge in [0, 0.05) is 37.7 Å². The van der Waals surface area contributed by atoms with Crippen molar-refractivity contribution < 1.29 is 4.79 Å². The number of rotatable bonds is 2. The van der Waals surface area contributed by atoms with Crippen molar-refractivity contribution in [1.29, 1.82) is 0 Å². The Morgan fingerprint density at radius 2 is 1.92 bits per heavy atom. The predicted octanol–water partition coefficient (Wildman–Crippen LogP) is 2.44. The lowest BCUT2D eigenvalue weighted by molar-refractivity contribution is 0.0709. The van der Waals surface area contributed by atoms with Crippen molar-refractivity contribution in [2.24, 2.45) is 0 Å². The number of carbonyl (C=O) groups is 1. The average Bonchev–Trinajstić information content (AvgIpc) is 3.07. The molecule has 1 amide bonds. The molecule has 0 aliphatic carbocycles. The van der Waals surface area contributed by atoms with Gasteiger partial charge in [0.05, 0.1) is 6.54 Å². The molecule has 4 rings (SSSR count). The molecular weight excluding hydrogens is 350 g/mol. The molecule has 2 aliphatic heterocycles. The molecule has 1 aromatic heterocycles. The van der Waals surface area contributed by atoms with Gasteiger partial charge in [-0.25, -0.2) is 0 Å². The van der Waals surface area contributed by atoms with Crippen molar-refractivity contribution in [3.05, 3.63) is 46.5 Å². The Kier molecular flexibility index (Phi) is 5.63. The van der Waals surface area contributed by atoms with Crippen molar-refractivity contribution in [3.8, 4) is 0 Å². The molecule has 2 aliphatic rings. The van der Waals surface area contributed by atoms with E-state index in [0.29, 0.717) is 5.92 Å². The average molecular weight is 376 g/mol. The molecule has 3 heterocycles. The summed E-state index contributed by atoms with van der Waals surface area (Å²) in [4.78, 5) is 14.9. The third-order valence-corrected chi connectivity index (χ3v) is 5.42. The third-order valence-electron chi connectivity index (χ3n) is 5.42. The Labute approximate surface area is 160 Å². The smallest absolute Gasteiger partial charge is 0.254 e. The Morgan fingerprint density at radius 1 is 1.15 bits per heavy atom. The van der Waals surface area contributed by atoms with Crippen LogP contribution in [0.3, 0.4) is 0 Å². The number of nitrogens with one attached hydrogen (secondary N) is 1. The number of aromatic nitrogens is 3. The fourth-order valence-corrected chi connectivity index (χ4v) is 3.89. The summed E-state index contributed by atoms with van der Waals surface area (Å²) in [6.07, 6.45) is 1.92. The van der Waals surface area contributed by atoms with Crippen LogP contribution in [0.5, 0.6) is 0 Å². The van der Waals surface area contributed by atoms with Gasteiger partial charge >= 0.3 is 0 Å². The van der Waals surface area contributed by atoms with E-state index < -0.39 is 0 Å². The van der Waals surface area contributed by atoms with E-state index in [2.05, 4.69) is 26.1 Å². The van der Waals surface area contributed by atoms with E-state index >= 15 is 0 Å². The highest BCUT2D eigenvalue weighted by molar-refractivity contribution is 5.95. The second kappa shape index (κ2) is 7.76. The van der Waals surface area contributed by atoms with Crippen LogP contribution in [0.25, 0.3) is 0 Å². The zero-order valence-electron chi connectivity index (χ0n) is 15.4. The van der Waals surface area contributed by atoms with E-state index in [9.17, 15) is 4.79 Å². The monoisotopic (exact) mass is 375 g/mol. The van der Waals surface area contributed by atoms with E-state index in [-0.39, 0.29) is 18.3 Å². The number of nitrogens with zero attached hydrogens (tertiary/aromatic N) is 4. The van der Waals surface area contributed by atoms with Crippen molar-refractivity contribution >= 4 is 18.3 Å². The summed E-state index contributed by atoms with van der Waals surface area (Å²) in [5.74, 6) is 2.71. The van der Waals surface area contributed by atoms with E-state index in [1.54, 1.807) is 0 Å². The Bertz CT molecular complexity index is 795. The van der Waals surface area contributed by atoms with Crippen LogP contribution in [0.1, 0.15) is 51.9 Å². The SMILES string of the molecule is Cc1ccc(C)c(C(=O)N2CCC(c3nnc4n3CCNC4)CC2)c1.Cl. The molecule has 0 unspecified atom stereocenters. The number of carbonyl (C=O) groups excluding carboxylic acids is 1. The molecule has 0 saturated carbocycles. The number of hydrogen-bond donors (Lipinski definition) is 1. The Morgan fingerprint density at radius 3 is 2.69 bits per heavy atom. The summed E-state index contributed by atoms with van der Waals surface area (Å²) in [7, 11) is 0. The van der Waals surface area contributed by atoms with Crippen LogP contribution in [0.15, 0.2) is 18.2 Å². The number of fused-ring (bicyclic) bond motifs is 1. The highest BCUT2D eigenvalue weighted by atomic mass is 35.5. The standard InChI is InChI=1S/C19H25N5O.ClH/c1-13-3-4-14(2)16(11-13)19(25)23-8-5-15(6-9-23)18-22-21-17-12-20-7-10-24(17)18;/h3-4,11,15,20H,5-10,12H2,1-2H3;1H. The molecule has 1 fully saturated rings. The molecular formula is C19H26ClN5O. The van der Waals surface area contributed by atoms with Gasteiger partial charge in [-0.1, -0.05) is 17.7 Å². The molecule has 26 heavy (non-hydrogen) atoms. The normalized spacial score (nSPS) is 17.5. The van der Waals surface area contributed by atoms with Crippen molar-refractivity contribution in [3.63, 3.8) is 0 Å². The highest BCUT2D eigenvalue weighted by Crippen LogP contribution is 2.29. The van der Waals surface area contributed by atoms with Crippen LogP contribution < -0.4 is 5.32 Å². The highest BCUT2D eigenvalue weighted by Gasteiger charge is 2.29. The molecule has 1 N–H and O–H groups in total. The van der Waals surface area contributed by atoms with Crippen LogP contribution in [-0.4, -0.2) is 45.2 Å². The zero-order valence-corrected chi connectivity index (χ0v) is 16.2. The number of amides is 1. The lowest BCUT2D eigenvalue weighted by Crippen LogP contribution is -2.39. The van der Waals surface area contributed by atoms with Gasteiger partial charge in [-0.05, 0) is 38.3 Å². The summed E-state index contributed by atoms with van der Waals surface area (Å²) < 4.78 is 2.27. The first-order chi connectivity index (χ1) is 12.1. The lowest BCUT2D eigenvalue weighted by atomic mass is 9.94. The van der Waals surface area contributed by atoms with Crippen LogP contribution in [0, 0.1) is 13.8 Å². The molecule has 0 radical (unpaired) electrons. The molecule has 0 bridgehead atoms. The van der Waals surface area contributed by atoms with Crippen LogP contribution in [0.4, 0.5) is 0 Å². The molecule has 2 aromatic rings. The van der Waals surface area contributed by atoms with Crippen LogP contribution in [0.2, 0.25) is 0 Å². The topological polar surface area (TPSA) is 63.1 Å². The summed E-state index contributed by atoms with van der Waals surface area (Å²) in [6.45, 7) is 8.34. The van der Waals surface area contributed by atoms with E-state index in [0.717, 1.165) is 73.9 Å². The molecule has 140 valence electrons. The summed E-state index contributed by atoms with van der Waals surface area (Å²) in [6, 6.07) is 6.10. The van der Waals surface area contributed by atoms with Crippen LogP contribution >= 0.6 is 12.4 Å².